The minimum Gasteiger partial charge on any atom is -0.481 e. The number of rotatable bonds is 1. The number of hydrogen-bond acceptors (Lipinski definition) is 3. The smallest absolute Gasteiger partial charge is 0.309 e. The van der Waals surface area contributed by atoms with Crippen molar-refractivity contribution < 1.29 is 19.5 Å². The van der Waals surface area contributed by atoms with Gasteiger partial charge in [0.1, 0.15) is 0 Å². The van der Waals surface area contributed by atoms with Crippen LogP contribution in [-0.4, -0.2) is 22.6 Å². The van der Waals surface area contributed by atoms with Crippen molar-refractivity contribution in [3.63, 3.8) is 0 Å². The normalized spacial score (nSPS) is 51.5. The Hall–Kier alpha value is -1.71. The maximum Gasteiger partial charge on any atom is 0.309 e. The van der Waals surface area contributed by atoms with Gasteiger partial charge in [0.25, 0.3) is 0 Å². The molecule has 0 spiro atoms. The highest BCUT2D eigenvalue weighted by Gasteiger charge is 2.69. The second-order valence-corrected chi connectivity index (χ2v) is 14.3. The van der Waals surface area contributed by atoms with Gasteiger partial charge in [-0.05, 0) is 92.1 Å². The summed E-state index contributed by atoms with van der Waals surface area (Å²) >= 11 is 0. The summed E-state index contributed by atoms with van der Waals surface area (Å²) in [5.41, 5.74) is -0.606. The number of carboxylic acid groups (broad SMARTS) is 1. The second-order valence-electron chi connectivity index (χ2n) is 14.3. The molecule has 0 aromatic carbocycles. The highest BCUT2D eigenvalue weighted by Crippen LogP contribution is 2.74. The number of carbonyl (C=O) groups excluding carboxylic acids is 2. The molecule has 0 radical (unpaired) electrons. The molecule has 34 heavy (non-hydrogen) atoms. The van der Waals surface area contributed by atoms with Crippen LogP contribution in [0.15, 0.2) is 23.8 Å². The topological polar surface area (TPSA) is 71.4 Å². The Morgan fingerprint density at radius 2 is 1.59 bits per heavy atom. The maximum atomic E-state index is 14.1. The monoisotopic (exact) mass is 466 g/mol. The van der Waals surface area contributed by atoms with E-state index in [4.69, 9.17) is 0 Å². The molecule has 5 rings (SSSR count). The average Bonchev–Trinajstić information content (AvgIpc) is 2.73. The molecule has 3 saturated carbocycles. The number of fused-ring (bicyclic) bond motifs is 7. The number of aliphatic carboxylic acids is 1. The molecule has 0 aromatic heterocycles. The summed E-state index contributed by atoms with van der Waals surface area (Å²) < 4.78 is 0. The fraction of sp³-hybridized carbons (Fsp3) is 0.767. The van der Waals surface area contributed by atoms with Crippen LogP contribution in [0.25, 0.3) is 0 Å². The van der Waals surface area contributed by atoms with Crippen molar-refractivity contribution >= 4 is 17.5 Å². The summed E-state index contributed by atoms with van der Waals surface area (Å²) in [4.78, 5) is 39.2. The Labute approximate surface area is 204 Å². The van der Waals surface area contributed by atoms with Gasteiger partial charge in [0.2, 0.25) is 0 Å². The fourth-order valence-electron chi connectivity index (χ4n) is 9.68. The predicted molar refractivity (Wildman–Crippen MR) is 132 cm³/mol. The Kier molecular flexibility index (Phi) is 4.75. The SMILES string of the molecule is CC1(C)C(=O)C=C[C@]2(C)[C@H]3C(=O)C=C4[C@H]5C[C@@](C)(C(=O)O)CC[C@]5(C)CC[C@@]4(C)[C@]3(C)CC[C@@H]12. The Morgan fingerprint density at radius 3 is 2.24 bits per heavy atom. The minimum absolute atomic E-state index is 0.0596. The number of hydrogen-bond donors (Lipinski definition) is 1. The van der Waals surface area contributed by atoms with Gasteiger partial charge < -0.3 is 5.11 Å². The van der Waals surface area contributed by atoms with Crippen LogP contribution in [0, 0.1) is 50.2 Å². The van der Waals surface area contributed by atoms with Crippen LogP contribution in [-0.2, 0) is 14.4 Å². The van der Waals surface area contributed by atoms with E-state index in [2.05, 4.69) is 47.6 Å². The van der Waals surface area contributed by atoms with Crippen LogP contribution in [0.2, 0.25) is 0 Å². The van der Waals surface area contributed by atoms with E-state index in [0.717, 1.165) is 32.1 Å². The van der Waals surface area contributed by atoms with Gasteiger partial charge in [0.05, 0.1) is 5.41 Å². The van der Waals surface area contributed by atoms with E-state index in [-0.39, 0.29) is 51.0 Å². The summed E-state index contributed by atoms with van der Waals surface area (Å²) in [6.07, 6.45) is 12.0. The quantitative estimate of drug-likeness (QED) is 0.485. The number of carboxylic acids is 1. The highest BCUT2D eigenvalue weighted by atomic mass is 16.4. The van der Waals surface area contributed by atoms with Gasteiger partial charge in [-0.3, -0.25) is 14.4 Å². The molecule has 0 aliphatic heterocycles. The average molecular weight is 467 g/mol. The molecule has 8 atom stereocenters. The summed E-state index contributed by atoms with van der Waals surface area (Å²) in [6.45, 7) is 15.3. The van der Waals surface area contributed by atoms with Crippen molar-refractivity contribution in [2.45, 2.75) is 93.4 Å². The van der Waals surface area contributed by atoms with Crippen molar-refractivity contribution in [3.8, 4) is 0 Å². The Balaban J connectivity index is 1.65. The first-order valence-electron chi connectivity index (χ1n) is 13.3. The van der Waals surface area contributed by atoms with Gasteiger partial charge in [0, 0.05) is 16.7 Å². The van der Waals surface area contributed by atoms with Crippen LogP contribution in [0.1, 0.15) is 93.4 Å². The van der Waals surface area contributed by atoms with Crippen molar-refractivity contribution in [3.05, 3.63) is 23.8 Å². The molecule has 186 valence electrons. The Bertz CT molecular complexity index is 1050. The van der Waals surface area contributed by atoms with Gasteiger partial charge >= 0.3 is 5.97 Å². The molecule has 0 heterocycles. The van der Waals surface area contributed by atoms with Crippen molar-refractivity contribution in [1.29, 1.82) is 0 Å². The minimum atomic E-state index is -0.732. The van der Waals surface area contributed by atoms with Crippen molar-refractivity contribution in [1.82, 2.24) is 0 Å². The molecule has 4 heteroatoms. The van der Waals surface area contributed by atoms with E-state index in [0.29, 0.717) is 12.8 Å². The van der Waals surface area contributed by atoms with Crippen molar-refractivity contribution in [2.24, 2.45) is 50.2 Å². The van der Waals surface area contributed by atoms with Crippen LogP contribution >= 0.6 is 0 Å². The van der Waals surface area contributed by atoms with Crippen LogP contribution < -0.4 is 0 Å². The zero-order valence-electron chi connectivity index (χ0n) is 22.1. The lowest BCUT2D eigenvalue weighted by Crippen LogP contribution is -2.65. The number of ketones is 2. The lowest BCUT2D eigenvalue weighted by Gasteiger charge is -2.69. The highest BCUT2D eigenvalue weighted by molar-refractivity contribution is 5.99. The predicted octanol–water partition coefficient (Wildman–Crippen LogP) is 6.40. The largest absolute Gasteiger partial charge is 0.481 e. The molecule has 0 saturated heterocycles. The number of allylic oxidation sites excluding steroid dienone is 4. The molecule has 0 amide bonds. The van der Waals surface area contributed by atoms with E-state index < -0.39 is 16.8 Å². The van der Waals surface area contributed by atoms with Gasteiger partial charge in [-0.1, -0.05) is 53.2 Å². The van der Waals surface area contributed by atoms with Crippen molar-refractivity contribution in [2.75, 3.05) is 0 Å². The van der Waals surface area contributed by atoms with E-state index in [1.807, 2.05) is 13.0 Å². The molecular formula is C30H42O4. The molecule has 5 aliphatic rings. The van der Waals surface area contributed by atoms with Crippen LogP contribution in [0.5, 0.6) is 0 Å². The van der Waals surface area contributed by atoms with E-state index in [1.54, 1.807) is 6.08 Å². The zero-order valence-corrected chi connectivity index (χ0v) is 22.1. The molecular weight excluding hydrogens is 424 g/mol. The molecule has 5 aliphatic carbocycles. The second kappa shape index (κ2) is 6.73. The third kappa shape index (κ3) is 2.69. The fourth-order valence-corrected chi connectivity index (χ4v) is 9.68. The van der Waals surface area contributed by atoms with Crippen LogP contribution in [0.4, 0.5) is 0 Å². The first-order chi connectivity index (χ1) is 15.6. The molecule has 1 N–H and O–H groups in total. The summed E-state index contributed by atoms with van der Waals surface area (Å²) in [5, 5.41) is 10.0. The third-order valence-electron chi connectivity index (χ3n) is 12.4. The first-order valence-corrected chi connectivity index (χ1v) is 13.3. The molecule has 0 aromatic rings. The van der Waals surface area contributed by atoms with E-state index in [1.165, 1.54) is 5.57 Å². The standard InChI is InChI=1S/C30H42O4/c1-25(2)21-8-11-30(7)23(28(21,5)10-9-22(25)32)20(31)16-18-19-17-27(4,24(33)34)13-12-26(19,3)14-15-29(18,30)6/h9-10,16,19,21,23H,8,11-15,17H2,1-7H3,(H,33,34)/t19-,21+,23-,26-,27+,28+,29-,30-/m1/s1. The number of carbonyl (C=O) groups is 3. The maximum absolute atomic E-state index is 14.1. The summed E-state index contributed by atoms with van der Waals surface area (Å²) in [7, 11) is 0. The summed E-state index contributed by atoms with van der Waals surface area (Å²) in [5.74, 6) is -0.210. The molecule has 0 bridgehead atoms. The van der Waals surface area contributed by atoms with Gasteiger partial charge in [-0.15, -0.1) is 0 Å². The summed E-state index contributed by atoms with van der Waals surface area (Å²) in [6, 6.07) is 0. The zero-order chi connectivity index (χ0) is 25.1. The van der Waals surface area contributed by atoms with E-state index in [9.17, 15) is 19.5 Å². The Morgan fingerprint density at radius 1 is 0.941 bits per heavy atom. The molecule has 0 unspecified atom stereocenters. The van der Waals surface area contributed by atoms with Crippen LogP contribution in [0.3, 0.4) is 0 Å². The molecule has 3 fully saturated rings. The lowest BCUT2D eigenvalue weighted by molar-refractivity contribution is -0.171. The van der Waals surface area contributed by atoms with E-state index >= 15 is 0 Å². The third-order valence-corrected chi connectivity index (χ3v) is 12.4. The van der Waals surface area contributed by atoms with Gasteiger partial charge in [-0.25, -0.2) is 0 Å². The van der Waals surface area contributed by atoms with Gasteiger partial charge in [-0.2, -0.15) is 0 Å². The first kappa shape index (κ1) is 24.0. The lowest BCUT2D eigenvalue weighted by atomic mass is 9.34. The van der Waals surface area contributed by atoms with Gasteiger partial charge in [0.15, 0.2) is 11.6 Å². The molecule has 4 nitrogen and oxygen atoms in total.